The van der Waals surface area contributed by atoms with Gasteiger partial charge in [-0.15, -0.1) is 0 Å². The van der Waals surface area contributed by atoms with E-state index in [9.17, 15) is 5.26 Å². The van der Waals surface area contributed by atoms with Crippen molar-refractivity contribution in [2.24, 2.45) is 0 Å². The molecular formula is C54H32N6. The van der Waals surface area contributed by atoms with Crippen molar-refractivity contribution < 1.29 is 0 Å². The van der Waals surface area contributed by atoms with Crippen LogP contribution in [0.1, 0.15) is 5.56 Å². The molecule has 0 spiro atoms. The minimum atomic E-state index is 0.402. The number of para-hydroxylation sites is 4. The molecule has 0 radical (unpaired) electrons. The van der Waals surface area contributed by atoms with Crippen LogP contribution in [0.3, 0.4) is 0 Å². The quantitative estimate of drug-likeness (QED) is 0.158. The molecule has 8 aromatic carbocycles. The molecule has 0 N–H and O–H groups in total. The number of rotatable bonds is 6. The third-order valence-electron chi connectivity index (χ3n) is 11.4. The lowest BCUT2D eigenvalue weighted by Gasteiger charge is -2.15. The number of nitriles is 1. The van der Waals surface area contributed by atoms with Crippen molar-refractivity contribution in [2.45, 2.75) is 0 Å². The highest BCUT2D eigenvalue weighted by molar-refractivity contribution is 6.27. The van der Waals surface area contributed by atoms with Crippen LogP contribution in [0.4, 0.5) is 5.69 Å². The highest BCUT2D eigenvalue weighted by Crippen LogP contribution is 2.46. The van der Waals surface area contributed by atoms with Crippen LogP contribution in [0.2, 0.25) is 0 Å². The first-order chi connectivity index (χ1) is 29.7. The first-order valence-corrected chi connectivity index (χ1v) is 19.8. The molecule has 0 aliphatic heterocycles. The number of nitrogens with zero attached hydrogens (tertiary/aromatic N) is 6. The Morgan fingerprint density at radius 1 is 0.467 bits per heavy atom. The van der Waals surface area contributed by atoms with Gasteiger partial charge in [0.1, 0.15) is 11.6 Å². The van der Waals surface area contributed by atoms with Crippen LogP contribution in [-0.2, 0) is 0 Å². The Bertz CT molecular complexity index is 3480. The predicted molar refractivity (Wildman–Crippen MR) is 243 cm³/mol. The van der Waals surface area contributed by atoms with Gasteiger partial charge in [-0.1, -0.05) is 152 Å². The molecule has 0 aliphatic carbocycles. The summed E-state index contributed by atoms with van der Waals surface area (Å²) in [4.78, 5) is 14.2. The van der Waals surface area contributed by atoms with E-state index in [0.29, 0.717) is 34.0 Å². The second-order valence-electron chi connectivity index (χ2n) is 14.7. The summed E-state index contributed by atoms with van der Waals surface area (Å²) in [6.45, 7) is 8.56. The summed E-state index contributed by atoms with van der Waals surface area (Å²) in [6.07, 6.45) is 0. The standard InChI is InChI=1S/C54H32N6/c1-56-46-33-37(54-57-50(35-17-6-2-7-18-35)45(34-55)51(58-54)36-19-8-3-9-20-36)29-30-40(46)41-26-16-27-42-43-31-32-48-49(53(43)60(52(41)42)39-23-12-5-13-24-39)44-25-14-15-28-47(44)59(48)38-21-10-4-11-22-38/h2-33H. The Morgan fingerprint density at radius 2 is 1.03 bits per heavy atom. The second kappa shape index (κ2) is 14.1. The van der Waals surface area contributed by atoms with Crippen LogP contribution in [0.25, 0.3) is 105 Å². The largest absolute Gasteiger partial charge is 0.309 e. The number of hydrogen-bond donors (Lipinski definition) is 0. The molecule has 0 amide bonds. The molecule has 0 saturated heterocycles. The summed E-state index contributed by atoms with van der Waals surface area (Å²) in [5.41, 5.74) is 12.6. The van der Waals surface area contributed by atoms with Gasteiger partial charge in [0.05, 0.1) is 40.0 Å². The molecule has 0 atom stereocenters. The molecule has 3 heterocycles. The van der Waals surface area contributed by atoms with Gasteiger partial charge in [0.15, 0.2) is 11.5 Å². The van der Waals surface area contributed by atoms with Crippen LogP contribution >= 0.6 is 0 Å². The van der Waals surface area contributed by atoms with Gasteiger partial charge in [-0.3, -0.25) is 0 Å². The van der Waals surface area contributed by atoms with Crippen molar-refractivity contribution in [3.05, 3.63) is 211 Å². The Labute approximate surface area is 346 Å². The molecule has 0 unspecified atom stereocenters. The normalized spacial score (nSPS) is 11.3. The predicted octanol–water partition coefficient (Wildman–Crippen LogP) is 13.8. The van der Waals surface area contributed by atoms with Gasteiger partial charge in [-0.25, -0.2) is 14.8 Å². The Hall–Kier alpha value is -8.58. The van der Waals surface area contributed by atoms with Crippen LogP contribution in [0.15, 0.2) is 194 Å². The summed E-state index contributed by atoms with van der Waals surface area (Å²) >= 11 is 0. The second-order valence-corrected chi connectivity index (χ2v) is 14.7. The summed E-state index contributed by atoms with van der Waals surface area (Å²) in [6, 6.07) is 68.3. The fourth-order valence-corrected chi connectivity index (χ4v) is 8.81. The molecule has 6 nitrogen and oxygen atoms in total. The van der Waals surface area contributed by atoms with E-state index in [4.69, 9.17) is 16.5 Å². The van der Waals surface area contributed by atoms with Crippen molar-refractivity contribution in [2.75, 3.05) is 0 Å². The zero-order chi connectivity index (χ0) is 40.2. The van der Waals surface area contributed by atoms with Gasteiger partial charge in [-0.2, -0.15) is 5.26 Å². The molecule has 0 saturated carbocycles. The zero-order valence-electron chi connectivity index (χ0n) is 32.2. The fourth-order valence-electron chi connectivity index (χ4n) is 8.81. The van der Waals surface area contributed by atoms with Crippen LogP contribution in [-0.4, -0.2) is 19.1 Å². The van der Waals surface area contributed by atoms with Crippen LogP contribution in [0, 0.1) is 17.9 Å². The maximum Gasteiger partial charge on any atom is 0.195 e. The van der Waals surface area contributed by atoms with Gasteiger partial charge in [-0.05, 0) is 53.6 Å². The van der Waals surface area contributed by atoms with Gasteiger partial charge in [0.2, 0.25) is 0 Å². The average Bonchev–Trinajstić information content (AvgIpc) is 3.85. The number of hydrogen-bond acceptors (Lipinski definition) is 3. The van der Waals surface area contributed by atoms with E-state index in [2.05, 4.69) is 129 Å². The lowest BCUT2D eigenvalue weighted by atomic mass is 9.97. The Balaban J connectivity index is 1.18. The molecule has 3 aromatic heterocycles. The van der Waals surface area contributed by atoms with Crippen molar-refractivity contribution in [1.82, 2.24) is 19.1 Å². The third kappa shape index (κ3) is 5.40. The van der Waals surface area contributed by atoms with Crippen molar-refractivity contribution in [3.8, 4) is 62.5 Å². The summed E-state index contributed by atoms with van der Waals surface area (Å²) < 4.78 is 4.74. The smallest absolute Gasteiger partial charge is 0.195 e. The molecular weight excluding hydrogens is 733 g/mol. The molecule has 11 aromatic rings. The summed E-state index contributed by atoms with van der Waals surface area (Å²) in [5, 5.41) is 15.0. The number of aromatic nitrogens is 4. The van der Waals surface area contributed by atoms with Gasteiger partial charge < -0.3 is 9.13 Å². The van der Waals surface area contributed by atoms with Gasteiger partial charge in [0, 0.05) is 49.6 Å². The van der Waals surface area contributed by atoms with E-state index in [0.717, 1.165) is 66.5 Å². The number of benzene rings is 8. The minimum absolute atomic E-state index is 0.402. The minimum Gasteiger partial charge on any atom is -0.309 e. The highest BCUT2D eigenvalue weighted by atomic mass is 15.0. The Kier molecular flexibility index (Phi) is 8.15. The topological polar surface area (TPSA) is 63.8 Å². The monoisotopic (exact) mass is 764 g/mol. The fraction of sp³-hybridized carbons (Fsp3) is 0. The lowest BCUT2D eigenvalue weighted by molar-refractivity contribution is 1.17. The molecule has 11 rings (SSSR count). The highest BCUT2D eigenvalue weighted by Gasteiger charge is 2.24. The van der Waals surface area contributed by atoms with Crippen LogP contribution in [0.5, 0.6) is 0 Å². The number of fused-ring (bicyclic) bond motifs is 7. The molecule has 0 aliphatic rings. The van der Waals surface area contributed by atoms with E-state index in [1.165, 1.54) is 10.8 Å². The van der Waals surface area contributed by atoms with Gasteiger partial charge >= 0.3 is 0 Å². The first kappa shape index (κ1) is 34.7. The lowest BCUT2D eigenvalue weighted by Crippen LogP contribution is -2.01. The molecule has 60 heavy (non-hydrogen) atoms. The third-order valence-corrected chi connectivity index (χ3v) is 11.4. The van der Waals surface area contributed by atoms with Crippen molar-refractivity contribution >= 4 is 49.3 Å². The van der Waals surface area contributed by atoms with E-state index < -0.39 is 0 Å². The van der Waals surface area contributed by atoms with E-state index in [1.807, 2.05) is 84.9 Å². The van der Waals surface area contributed by atoms with E-state index >= 15 is 0 Å². The molecule has 0 fully saturated rings. The van der Waals surface area contributed by atoms with E-state index in [1.54, 1.807) is 0 Å². The maximum absolute atomic E-state index is 10.5. The van der Waals surface area contributed by atoms with Crippen molar-refractivity contribution in [3.63, 3.8) is 0 Å². The SMILES string of the molecule is [C-]#[N+]c1cc(-c2nc(-c3ccccc3)c(C#N)c(-c3ccccc3)n2)ccc1-c1cccc2c3ccc4c(c5ccccc5n4-c4ccccc4)c3n(-c3ccccc3)c12. The summed E-state index contributed by atoms with van der Waals surface area (Å²) in [5.74, 6) is 0.442. The average molecular weight is 765 g/mol. The van der Waals surface area contributed by atoms with E-state index in [-0.39, 0.29) is 0 Å². The molecule has 278 valence electrons. The summed E-state index contributed by atoms with van der Waals surface area (Å²) in [7, 11) is 0. The van der Waals surface area contributed by atoms with Gasteiger partial charge in [0.25, 0.3) is 0 Å². The van der Waals surface area contributed by atoms with Crippen molar-refractivity contribution in [1.29, 1.82) is 5.26 Å². The molecule has 0 bridgehead atoms. The Morgan fingerprint density at radius 3 is 1.67 bits per heavy atom. The zero-order valence-corrected chi connectivity index (χ0v) is 32.2. The maximum atomic E-state index is 10.5. The first-order valence-electron chi connectivity index (χ1n) is 19.8. The molecule has 6 heteroatoms. The van der Waals surface area contributed by atoms with Crippen LogP contribution < -0.4 is 0 Å².